The molecule has 0 aliphatic carbocycles. The maximum absolute atomic E-state index is 12.3. The van der Waals surface area contributed by atoms with E-state index in [4.69, 9.17) is 19.6 Å². The summed E-state index contributed by atoms with van der Waals surface area (Å²) >= 11 is 0. The van der Waals surface area contributed by atoms with E-state index in [0.29, 0.717) is 39.4 Å². The lowest BCUT2D eigenvalue weighted by Crippen LogP contribution is -2.06. The van der Waals surface area contributed by atoms with Crippen LogP contribution >= 0.6 is 0 Å². The first kappa shape index (κ1) is 11.2. The predicted molar refractivity (Wildman–Crippen MR) is 63.1 cm³/mol. The molecule has 2 aliphatic rings. The van der Waals surface area contributed by atoms with Crippen LogP contribution in [-0.4, -0.2) is 0 Å². The highest BCUT2D eigenvalue weighted by atomic mass is 17.5. The fourth-order valence-electron chi connectivity index (χ4n) is 1.84. The third-order valence-electron chi connectivity index (χ3n) is 2.82. The Kier molecular flexibility index (Phi) is 2.33. The van der Waals surface area contributed by atoms with Crippen molar-refractivity contribution in [2.45, 2.75) is 0 Å². The molecule has 0 fully saturated rings. The molecule has 0 spiro atoms. The van der Waals surface area contributed by atoms with Gasteiger partial charge in [-0.25, -0.2) is 0 Å². The molecule has 0 atom stereocenters. The molecular weight excluding hydrogens is 270 g/mol. The van der Waals surface area contributed by atoms with Crippen molar-refractivity contribution in [3.8, 4) is 23.0 Å². The van der Waals surface area contributed by atoms with Gasteiger partial charge in [-0.15, -0.1) is 0 Å². The molecule has 0 saturated carbocycles. The summed E-state index contributed by atoms with van der Waals surface area (Å²) in [4.78, 5) is 18.9. The Morgan fingerprint density at radius 2 is 1.10 bits per heavy atom. The van der Waals surface area contributed by atoms with Crippen molar-refractivity contribution < 1.29 is 29.6 Å². The van der Waals surface area contributed by atoms with E-state index in [9.17, 15) is 5.21 Å². The molecule has 0 amide bonds. The Bertz CT molecular complexity index is 617. The lowest BCUT2D eigenvalue weighted by Gasteiger charge is -2.30. The molecule has 2 aromatic carbocycles. The molecule has 0 radical (unpaired) electrons. The van der Waals surface area contributed by atoms with Crippen LogP contribution in [0.4, 0.5) is 11.4 Å². The zero-order valence-corrected chi connectivity index (χ0v) is 9.77. The van der Waals surface area contributed by atoms with Crippen LogP contribution in [0.1, 0.15) is 0 Å². The Hall–Kier alpha value is -2.68. The third-order valence-corrected chi connectivity index (χ3v) is 2.82. The number of hydrogen-bond acceptors (Lipinski definition) is 8. The van der Waals surface area contributed by atoms with E-state index < -0.39 is 0 Å². The Labute approximate surface area is 111 Å². The summed E-state index contributed by atoms with van der Waals surface area (Å²) in [5.41, 5.74) is 0.690. The summed E-state index contributed by atoms with van der Waals surface area (Å²) in [5, 5.41) is 21.7. The Balaban J connectivity index is 1.68. The number of fused-ring (bicyclic) bond motifs is 2. The van der Waals surface area contributed by atoms with E-state index in [1.54, 1.807) is 24.3 Å². The Morgan fingerprint density at radius 3 is 1.60 bits per heavy atom. The van der Waals surface area contributed by atoms with E-state index in [-0.39, 0.29) is 0 Å². The molecule has 0 aromatic heterocycles. The number of hydrogen-bond donors (Lipinski definition) is 0. The summed E-state index contributed by atoms with van der Waals surface area (Å²) < 4.78 is 0. The topological polar surface area (TPSA) is 81.7 Å². The molecule has 0 bridgehead atoms. The molecule has 20 heavy (non-hydrogen) atoms. The molecule has 8 nitrogen and oxygen atoms in total. The lowest BCUT2D eigenvalue weighted by molar-refractivity contribution is -0.384. The highest BCUT2D eigenvalue weighted by Gasteiger charge is 2.19. The summed E-state index contributed by atoms with van der Waals surface area (Å²) in [6.45, 7) is 0. The zero-order chi connectivity index (χ0) is 13.5. The number of benzene rings is 2. The summed E-state index contributed by atoms with van der Waals surface area (Å²) in [5.74, 6) is 1.46. The second-order valence-electron chi connectivity index (χ2n) is 4.03. The van der Waals surface area contributed by atoms with Gasteiger partial charge >= 0.3 is 0 Å². The van der Waals surface area contributed by atoms with Crippen molar-refractivity contribution in [2.24, 2.45) is 0 Å². The van der Waals surface area contributed by atoms with Crippen LogP contribution in [0.5, 0.6) is 23.0 Å². The van der Waals surface area contributed by atoms with E-state index in [1.165, 1.54) is 12.1 Å². The maximum atomic E-state index is 12.3. The average Bonchev–Trinajstić information content (AvgIpc) is 3.13. The number of rotatable bonds is 2. The van der Waals surface area contributed by atoms with Gasteiger partial charge in [0.1, 0.15) is 0 Å². The van der Waals surface area contributed by atoms with E-state index in [1.807, 2.05) is 0 Å². The van der Waals surface area contributed by atoms with Gasteiger partial charge in [-0.1, -0.05) is 0 Å². The van der Waals surface area contributed by atoms with Crippen LogP contribution in [0.2, 0.25) is 0 Å². The van der Waals surface area contributed by atoms with Gasteiger partial charge in [-0.3, -0.25) is 19.6 Å². The fourth-order valence-corrected chi connectivity index (χ4v) is 1.84. The van der Waals surface area contributed by atoms with Gasteiger partial charge in [-0.2, -0.15) is 0 Å². The van der Waals surface area contributed by atoms with Crippen LogP contribution < -0.4 is 24.6 Å². The Morgan fingerprint density at radius 1 is 0.650 bits per heavy atom. The van der Waals surface area contributed by atoms with Crippen molar-refractivity contribution >= 4 is 11.4 Å². The first-order valence-corrected chi connectivity index (χ1v) is 5.59. The van der Waals surface area contributed by atoms with Gasteiger partial charge in [-0.05, 0) is 24.3 Å². The normalized spacial score (nSPS) is 14.4. The largest absolute Gasteiger partial charge is 0.754 e. The first-order valence-electron chi connectivity index (χ1n) is 5.59. The first-order chi connectivity index (χ1) is 9.81. The van der Waals surface area contributed by atoms with E-state index in [2.05, 4.69) is 10.1 Å². The summed E-state index contributed by atoms with van der Waals surface area (Å²) in [6, 6.07) is 9.28. The van der Waals surface area contributed by atoms with Gasteiger partial charge in [0.15, 0.2) is 0 Å². The molecule has 4 rings (SSSR count). The van der Waals surface area contributed by atoms with E-state index in [0.717, 1.165) is 0 Å². The maximum Gasteiger partial charge on any atom is 0.217 e. The molecule has 2 aromatic rings. The number of nitrogens with zero attached hydrogens (tertiary/aromatic N) is 1. The molecule has 8 heteroatoms. The standard InChI is InChI=1S/C12H6NO7/c14-13(7-1-3-9-11(5-7)17-19-15-9)8-2-4-10-12(6-8)18-20-16-10/h1-6H/q-1. The van der Waals surface area contributed by atoms with Crippen molar-refractivity contribution in [3.05, 3.63) is 41.6 Å². The minimum absolute atomic E-state index is 0.326. The van der Waals surface area contributed by atoms with Crippen LogP contribution in [0, 0.1) is 5.21 Å². The lowest BCUT2D eigenvalue weighted by atomic mass is 10.2. The molecule has 0 unspecified atom stereocenters. The third kappa shape index (κ3) is 1.67. The molecule has 2 heterocycles. The summed E-state index contributed by atoms with van der Waals surface area (Å²) in [7, 11) is 0. The monoisotopic (exact) mass is 276 g/mol. The zero-order valence-electron chi connectivity index (χ0n) is 9.77. The van der Waals surface area contributed by atoms with Crippen LogP contribution in [0.25, 0.3) is 0 Å². The molecule has 0 saturated heterocycles. The van der Waals surface area contributed by atoms with Crippen LogP contribution in [0.15, 0.2) is 36.4 Å². The fraction of sp³-hybridized carbons (Fsp3) is 0. The highest BCUT2D eigenvalue weighted by molar-refractivity contribution is 5.69. The molecule has 2 aliphatic heterocycles. The van der Waals surface area contributed by atoms with Gasteiger partial charge in [0.25, 0.3) is 0 Å². The minimum Gasteiger partial charge on any atom is -0.754 e. The van der Waals surface area contributed by atoms with Crippen LogP contribution in [0.3, 0.4) is 0 Å². The summed E-state index contributed by atoms with van der Waals surface area (Å²) in [6.07, 6.45) is 0. The van der Waals surface area contributed by atoms with Crippen LogP contribution in [-0.2, 0) is 10.1 Å². The smallest absolute Gasteiger partial charge is 0.217 e. The number of anilines is 2. The molecule has 102 valence electrons. The van der Waals surface area contributed by atoms with Gasteiger partial charge in [0.2, 0.25) is 23.0 Å². The van der Waals surface area contributed by atoms with Crippen molar-refractivity contribution in [1.82, 2.24) is 0 Å². The minimum atomic E-state index is 0.326. The highest BCUT2D eigenvalue weighted by Crippen LogP contribution is 2.40. The molecular formula is C12H6NO7-. The van der Waals surface area contributed by atoms with E-state index >= 15 is 0 Å². The average molecular weight is 276 g/mol. The van der Waals surface area contributed by atoms with Gasteiger partial charge in [0, 0.05) is 33.6 Å². The van der Waals surface area contributed by atoms with Gasteiger partial charge in [0.05, 0.1) is 0 Å². The quantitative estimate of drug-likeness (QED) is 0.611. The van der Waals surface area contributed by atoms with Gasteiger partial charge < -0.3 is 10.3 Å². The second kappa shape index (κ2) is 4.17. The van der Waals surface area contributed by atoms with Crippen molar-refractivity contribution in [3.63, 3.8) is 0 Å². The van der Waals surface area contributed by atoms with Crippen molar-refractivity contribution in [1.29, 1.82) is 0 Å². The SMILES string of the molecule is [O-]N(c1ccc2c(c1)OOO2)c1ccc2c(c1)OOO2. The van der Waals surface area contributed by atoms with Crippen molar-refractivity contribution in [2.75, 3.05) is 5.06 Å². The predicted octanol–water partition coefficient (Wildman–Crippen LogP) is 2.56. The molecule has 0 N–H and O–H groups in total. The second-order valence-corrected chi connectivity index (χ2v) is 4.03.